The molecule has 0 aliphatic carbocycles. The van der Waals surface area contributed by atoms with Crippen LogP contribution in [0.15, 0.2) is 18.2 Å². The lowest BCUT2D eigenvalue weighted by Crippen LogP contribution is -2.26. The summed E-state index contributed by atoms with van der Waals surface area (Å²) in [6.07, 6.45) is -0.372. The number of carbonyl (C=O) groups is 1. The predicted octanol–water partition coefficient (Wildman–Crippen LogP) is 2.40. The molecule has 0 radical (unpaired) electrons. The van der Waals surface area contributed by atoms with Gasteiger partial charge in [-0.15, -0.1) is 3.89 Å². The Labute approximate surface area is 113 Å². The molecule has 18 heavy (non-hydrogen) atoms. The average Bonchev–Trinajstić information content (AvgIpc) is 2.58. The molecule has 0 saturated carbocycles. The van der Waals surface area contributed by atoms with Crippen LogP contribution in [0.5, 0.6) is 0 Å². The molecule has 1 aromatic rings. The molecule has 0 bridgehead atoms. The quantitative estimate of drug-likeness (QED) is 0.788. The first-order valence-electron chi connectivity index (χ1n) is 4.97. The van der Waals surface area contributed by atoms with Crippen LogP contribution in [-0.4, -0.2) is 26.1 Å². The molecule has 1 amide bonds. The van der Waals surface area contributed by atoms with Crippen LogP contribution >= 0.6 is 23.2 Å². The Morgan fingerprint density at radius 1 is 1.22 bits per heavy atom. The Balaban J connectivity index is 2.32. The number of anilines is 1. The highest BCUT2D eigenvalue weighted by Crippen LogP contribution is 2.30. The van der Waals surface area contributed by atoms with E-state index in [2.05, 4.69) is 0 Å². The van der Waals surface area contributed by atoms with E-state index in [1.807, 2.05) is 0 Å². The van der Waals surface area contributed by atoms with Gasteiger partial charge in [0.1, 0.15) is 5.25 Å². The van der Waals surface area contributed by atoms with Gasteiger partial charge >= 0.3 is 10.2 Å². The molecular weight excluding hydrogens is 304 g/mol. The zero-order valence-electron chi connectivity index (χ0n) is 8.94. The monoisotopic (exact) mass is 311 g/mol. The average molecular weight is 312 g/mol. The lowest BCUT2D eigenvalue weighted by atomic mass is 10.3. The van der Waals surface area contributed by atoms with Crippen molar-refractivity contribution in [1.82, 2.24) is 0 Å². The zero-order chi connectivity index (χ0) is 13.5. The fraction of sp³-hybridized carbons (Fsp3) is 0.300. The Hall–Kier alpha value is -0.850. The molecule has 1 saturated heterocycles. The summed E-state index contributed by atoms with van der Waals surface area (Å²) in [4.78, 5) is 12.8. The van der Waals surface area contributed by atoms with Gasteiger partial charge in [0.05, 0.1) is 0 Å². The topological polar surface area (TPSA) is 54.5 Å². The molecule has 1 atom stereocenters. The summed E-state index contributed by atoms with van der Waals surface area (Å²) in [7, 11) is -4.73. The third kappa shape index (κ3) is 2.76. The van der Waals surface area contributed by atoms with E-state index in [1.165, 1.54) is 23.1 Å². The van der Waals surface area contributed by atoms with Crippen LogP contribution < -0.4 is 4.90 Å². The Morgan fingerprint density at radius 3 is 2.22 bits per heavy atom. The van der Waals surface area contributed by atoms with Crippen LogP contribution in [0.4, 0.5) is 9.57 Å². The molecule has 1 fully saturated rings. The molecule has 8 heteroatoms. The van der Waals surface area contributed by atoms with Gasteiger partial charge in [-0.05, 0) is 18.2 Å². The fourth-order valence-corrected chi connectivity index (χ4v) is 2.99. The van der Waals surface area contributed by atoms with E-state index >= 15 is 0 Å². The van der Waals surface area contributed by atoms with Gasteiger partial charge in [0.2, 0.25) is 5.91 Å². The predicted molar refractivity (Wildman–Crippen MR) is 67.2 cm³/mol. The minimum Gasteiger partial charge on any atom is -0.311 e. The lowest BCUT2D eigenvalue weighted by Gasteiger charge is -2.16. The Morgan fingerprint density at radius 2 is 1.78 bits per heavy atom. The van der Waals surface area contributed by atoms with E-state index in [4.69, 9.17) is 23.2 Å². The molecule has 1 heterocycles. The van der Waals surface area contributed by atoms with Crippen LogP contribution in [0.2, 0.25) is 10.0 Å². The lowest BCUT2D eigenvalue weighted by molar-refractivity contribution is -0.117. The van der Waals surface area contributed by atoms with Gasteiger partial charge in [0.15, 0.2) is 0 Å². The summed E-state index contributed by atoms with van der Waals surface area (Å²) in [6.45, 7) is -0.228. The molecule has 1 aromatic carbocycles. The molecule has 0 aromatic heterocycles. The standard InChI is InChI=1S/C10H8Cl2FNO3S/c11-6-1-7(12)3-8(2-6)14-5-9(4-10(14)15)18(13,16)17/h1-3,9H,4-5H2. The second-order valence-corrected chi connectivity index (χ2v) is 6.42. The SMILES string of the molecule is O=C1CC(S(=O)(=O)F)CN1c1cc(Cl)cc(Cl)c1. The number of hydrogen-bond acceptors (Lipinski definition) is 3. The summed E-state index contributed by atoms with van der Waals surface area (Å²) in [5.41, 5.74) is 0.364. The largest absolute Gasteiger partial charge is 0.311 e. The second kappa shape index (κ2) is 4.68. The van der Waals surface area contributed by atoms with Crippen molar-refractivity contribution in [3.8, 4) is 0 Å². The highest BCUT2D eigenvalue weighted by molar-refractivity contribution is 7.87. The Kier molecular flexibility index (Phi) is 3.53. The highest BCUT2D eigenvalue weighted by Gasteiger charge is 2.39. The maximum absolute atomic E-state index is 12.9. The van der Waals surface area contributed by atoms with Crippen molar-refractivity contribution in [3.05, 3.63) is 28.2 Å². The minimum atomic E-state index is -4.73. The number of halogens is 3. The number of hydrogen-bond donors (Lipinski definition) is 0. The van der Waals surface area contributed by atoms with Gasteiger partial charge in [0, 0.05) is 28.7 Å². The maximum atomic E-state index is 12.9. The first kappa shape index (κ1) is 13.6. The van der Waals surface area contributed by atoms with Crippen molar-refractivity contribution >= 4 is 45.0 Å². The van der Waals surface area contributed by atoms with Crippen LogP contribution in [-0.2, 0) is 15.0 Å². The number of benzene rings is 1. The van der Waals surface area contributed by atoms with Gasteiger partial charge in [-0.1, -0.05) is 23.2 Å². The van der Waals surface area contributed by atoms with Crippen molar-refractivity contribution in [2.75, 3.05) is 11.4 Å². The second-order valence-electron chi connectivity index (χ2n) is 3.93. The normalized spacial score (nSPS) is 20.5. The third-order valence-electron chi connectivity index (χ3n) is 2.65. The third-order valence-corrected chi connectivity index (χ3v) is 4.20. The van der Waals surface area contributed by atoms with E-state index in [9.17, 15) is 17.1 Å². The molecule has 4 nitrogen and oxygen atoms in total. The molecule has 98 valence electrons. The smallest absolute Gasteiger partial charge is 0.307 e. The number of carbonyl (C=O) groups excluding carboxylic acids is 1. The van der Waals surface area contributed by atoms with Gasteiger partial charge in [-0.2, -0.15) is 8.42 Å². The molecule has 1 unspecified atom stereocenters. The van der Waals surface area contributed by atoms with Gasteiger partial charge in [-0.3, -0.25) is 4.79 Å². The summed E-state index contributed by atoms with van der Waals surface area (Å²) >= 11 is 11.6. The van der Waals surface area contributed by atoms with Crippen molar-refractivity contribution < 1.29 is 17.1 Å². The summed E-state index contributed by atoms with van der Waals surface area (Å²) in [6, 6.07) is 4.42. The number of amides is 1. The molecule has 2 rings (SSSR count). The molecule has 1 aliphatic heterocycles. The van der Waals surface area contributed by atoms with Crippen LogP contribution in [0.1, 0.15) is 6.42 Å². The van der Waals surface area contributed by atoms with Gasteiger partial charge in [0.25, 0.3) is 0 Å². The number of nitrogens with zero attached hydrogens (tertiary/aromatic N) is 1. The van der Waals surface area contributed by atoms with Crippen molar-refractivity contribution in [3.63, 3.8) is 0 Å². The summed E-state index contributed by atoms with van der Waals surface area (Å²) in [5.74, 6) is -0.473. The van der Waals surface area contributed by atoms with E-state index in [0.29, 0.717) is 15.7 Å². The first-order valence-corrected chi connectivity index (χ1v) is 7.17. The molecule has 0 spiro atoms. The van der Waals surface area contributed by atoms with Crippen molar-refractivity contribution in [1.29, 1.82) is 0 Å². The zero-order valence-corrected chi connectivity index (χ0v) is 11.3. The van der Waals surface area contributed by atoms with E-state index < -0.39 is 21.4 Å². The summed E-state index contributed by atoms with van der Waals surface area (Å²) in [5, 5.41) is -0.698. The molecule has 1 aliphatic rings. The van der Waals surface area contributed by atoms with E-state index in [1.54, 1.807) is 0 Å². The van der Waals surface area contributed by atoms with Crippen molar-refractivity contribution in [2.45, 2.75) is 11.7 Å². The first-order chi connectivity index (χ1) is 8.27. The highest BCUT2D eigenvalue weighted by atomic mass is 35.5. The fourth-order valence-electron chi connectivity index (χ4n) is 1.81. The Bertz CT molecular complexity index is 585. The maximum Gasteiger partial charge on any atom is 0.307 e. The van der Waals surface area contributed by atoms with E-state index in [-0.39, 0.29) is 13.0 Å². The van der Waals surface area contributed by atoms with E-state index in [0.717, 1.165) is 0 Å². The van der Waals surface area contributed by atoms with Crippen molar-refractivity contribution in [2.24, 2.45) is 0 Å². The van der Waals surface area contributed by atoms with Crippen LogP contribution in [0.3, 0.4) is 0 Å². The molecular formula is C10H8Cl2FNO3S. The van der Waals surface area contributed by atoms with Crippen LogP contribution in [0.25, 0.3) is 0 Å². The summed E-state index contributed by atoms with van der Waals surface area (Å²) < 4.78 is 34.4. The van der Waals surface area contributed by atoms with Gasteiger partial charge < -0.3 is 4.90 Å². The van der Waals surface area contributed by atoms with Gasteiger partial charge in [-0.25, -0.2) is 0 Å². The number of rotatable bonds is 2. The van der Waals surface area contributed by atoms with Crippen LogP contribution in [0, 0.1) is 0 Å². The molecule has 0 N–H and O–H groups in total. The minimum absolute atomic E-state index is 0.228.